The van der Waals surface area contributed by atoms with E-state index >= 15 is 0 Å². The summed E-state index contributed by atoms with van der Waals surface area (Å²) < 4.78 is 5.44. The summed E-state index contributed by atoms with van der Waals surface area (Å²) in [5.74, 6) is 6.14. The van der Waals surface area contributed by atoms with Crippen molar-refractivity contribution in [2.45, 2.75) is 65.0 Å². The fraction of sp³-hybridized carbons (Fsp3) is 0.407. The van der Waals surface area contributed by atoms with E-state index in [4.69, 9.17) is 4.74 Å². The Morgan fingerprint density at radius 3 is 2.19 bits per heavy atom. The van der Waals surface area contributed by atoms with E-state index in [-0.39, 0.29) is 5.91 Å². The average molecular weight is 433 g/mol. The molecule has 0 spiro atoms. The minimum absolute atomic E-state index is 0.195. The van der Waals surface area contributed by atoms with Crippen LogP contribution in [0.25, 0.3) is 0 Å². The number of nitrogens with zero attached hydrogens (tertiary/aromatic N) is 1. The Balaban J connectivity index is 1.59. The number of hydrogen-bond donors (Lipinski definition) is 1. The largest absolute Gasteiger partial charge is 0.444 e. The first kappa shape index (κ1) is 23.4. The quantitative estimate of drug-likeness (QED) is 0.660. The molecule has 2 aromatic rings. The zero-order valence-corrected chi connectivity index (χ0v) is 19.4. The highest BCUT2D eigenvalue weighted by atomic mass is 16.6. The van der Waals surface area contributed by atoms with Crippen LogP contribution in [0.5, 0.6) is 0 Å². The second kappa shape index (κ2) is 10.4. The summed E-state index contributed by atoms with van der Waals surface area (Å²) in [6, 6.07) is 15.3. The Bertz CT molecular complexity index is 992. The molecule has 1 aliphatic rings. The van der Waals surface area contributed by atoms with Crippen LogP contribution in [0.4, 0.5) is 10.5 Å². The Labute approximate surface area is 191 Å². The number of likely N-dealkylation sites (tertiary alicyclic amines) is 1. The van der Waals surface area contributed by atoms with Gasteiger partial charge < -0.3 is 10.1 Å². The van der Waals surface area contributed by atoms with E-state index in [0.717, 1.165) is 30.4 Å². The lowest BCUT2D eigenvalue weighted by Crippen LogP contribution is -2.45. The average Bonchev–Trinajstić information content (AvgIpc) is 3.24. The number of anilines is 1. The first-order chi connectivity index (χ1) is 15.2. The van der Waals surface area contributed by atoms with Crippen molar-refractivity contribution in [3.63, 3.8) is 0 Å². The number of carbonyl (C=O) groups excluding carboxylic acids is 2. The Morgan fingerprint density at radius 2 is 1.62 bits per heavy atom. The van der Waals surface area contributed by atoms with Crippen molar-refractivity contribution < 1.29 is 14.3 Å². The highest BCUT2D eigenvalue weighted by molar-refractivity contribution is 5.96. The highest BCUT2D eigenvalue weighted by Gasteiger charge is 2.36. The number of ether oxygens (including phenoxy) is 1. The van der Waals surface area contributed by atoms with Gasteiger partial charge in [-0.3, -0.25) is 9.69 Å². The molecule has 0 unspecified atom stereocenters. The van der Waals surface area contributed by atoms with Gasteiger partial charge in [-0.05, 0) is 82.0 Å². The number of carbonyl (C=O) groups is 2. The lowest BCUT2D eigenvalue weighted by atomic mass is 10.1. The van der Waals surface area contributed by atoms with Crippen LogP contribution in [0.3, 0.4) is 0 Å². The second-order valence-corrected chi connectivity index (χ2v) is 9.10. The second-order valence-electron chi connectivity index (χ2n) is 9.10. The van der Waals surface area contributed by atoms with Gasteiger partial charge in [0.2, 0.25) is 5.91 Å². The van der Waals surface area contributed by atoms with Crippen LogP contribution in [0, 0.1) is 11.8 Å². The van der Waals surface area contributed by atoms with E-state index in [0.29, 0.717) is 18.7 Å². The van der Waals surface area contributed by atoms with Crippen molar-refractivity contribution in [2.75, 3.05) is 11.9 Å². The van der Waals surface area contributed by atoms with Crippen molar-refractivity contribution in [3.05, 3.63) is 65.2 Å². The Kier molecular flexibility index (Phi) is 7.58. The SMILES string of the molecule is CCCc1ccc(C#Cc2ccc(NC(=O)[C@H]3CCCN3C(=O)OC(C)(C)C)cc2)cc1. The molecule has 0 aliphatic carbocycles. The molecule has 32 heavy (non-hydrogen) atoms. The summed E-state index contributed by atoms with van der Waals surface area (Å²) in [7, 11) is 0. The van der Waals surface area contributed by atoms with Gasteiger partial charge in [0.1, 0.15) is 11.6 Å². The molecule has 1 heterocycles. The molecule has 1 saturated heterocycles. The molecule has 168 valence electrons. The van der Waals surface area contributed by atoms with Crippen LogP contribution in [-0.2, 0) is 16.0 Å². The standard InChI is InChI=1S/C27H32N2O3/c1-5-7-20-9-11-21(12-10-20)13-14-22-15-17-23(18-16-22)28-25(30)24-8-6-19-29(24)26(31)32-27(2,3)4/h9-12,15-18,24H,5-8,19H2,1-4H3,(H,28,30)/t24-/m1/s1. The van der Waals surface area contributed by atoms with Gasteiger partial charge in [-0.1, -0.05) is 37.3 Å². The first-order valence-corrected chi connectivity index (χ1v) is 11.3. The summed E-state index contributed by atoms with van der Waals surface area (Å²) in [6.07, 6.45) is 3.19. The lowest BCUT2D eigenvalue weighted by Gasteiger charge is -2.28. The molecule has 1 fully saturated rings. The van der Waals surface area contributed by atoms with Crippen molar-refractivity contribution in [1.29, 1.82) is 0 Å². The summed E-state index contributed by atoms with van der Waals surface area (Å²) in [5, 5.41) is 2.91. The van der Waals surface area contributed by atoms with Crippen LogP contribution in [0.2, 0.25) is 0 Å². The van der Waals surface area contributed by atoms with Gasteiger partial charge in [0.05, 0.1) is 0 Å². The Hall–Kier alpha value is -3.26. The summed E-state index contributed by atoms with van der Waals surface area (Å²) in [6.45, 7) is 8.16. The molecule has 2 aromatic carbocycles. The van der Waals surface area contributed by atoms with Crippen LogP contribution in [0.1, 0.15) is 63.6 Å². The molecule has 5 nitrogen and oxygen atoms in total. The number of rotatable bonds is 4. The van der Waals surface area contributed by atoms with Gasteiger partial charge in [0.15, 0.2) is 0 Å². The molecule has 1 N–H and O–H groups in total. The molecular formula is C27H32N2O3. The normalized spacial score (nSPS) is 15.6. The van der Waals surface area contributed by atoms with Gasteiger partial charge in [0, 0.05) is 23.4 Å². The molecular weight excluding hydrogens is 400 g/mol. The molecule has 2 amide bonds. The van der Waals surface area contributed by atoms with Crippen molar-refractivity contribution in [3.8, 4) is 11.8 Å². The topological polar surface area (TPSA) is 58.6 Å². The molecule has 0 aromatic heterocycles. The molecule has 0 bridgehead atoms. The van der Waals surface area contributed by atoms with E-state index < -0.39 is 17.7 Å². The fourth-order valence-electron chi connectivity index (χ4n) is 3.63. The first-order valence-electron chi connectivity index (χ1n) is 11.3. The molecule has 3 rings (SSSR count). The third-order valence-corrected chi connectivity index (χ3v) is 5.18. The van der Waals surface area contributed by atoms with E-state index in [1.807, 2.05) is 57.2 Å². The molecule has 0 radical (unpaired) electrons. The van der Waals surface area contributed by atoms with E-state index in [1.54, 1.807) is 0 Å². The van der Waals surface area contributed by atoms with Crippen LogP contribution < -0.4 is 5.32 Å². The van der Waals surface area contributed by atoms with Crippen molar-refractivity contribution >= 4 is 17.7 Å². The minimum atomic E-state index is -0.588. The van der Waals surface area contributed by atoms with Gasteiger partial charge in [-0.2, -0.15) is 0 Å². The zero-order valence-electron chi connectivity index (χ0n) is 19.4. The monoisotopic (exact) mass is 432 g/mol. The zero-order chi connectivity index (χ0) is 23.1. The van der Waals surface area contributed by atoms with Crippen LogP contribution >= 0.6 is 0 Å². The lowest BCUT2D eigenvalue weighted by molar-refractivity contribution is -0.120. The number of hydrogen-bond acceptors (Lipinski definition) is 3. The maximum Gasteiger partial charge on any atom is 0.410 e. The number of aryl methyl sites for hydroxylation is 1. The van der Waals surface area contributed by atoms with E-state index in [9.17, 15) is 9.59 Å². The van der Waals surface area contributed by atoms with Crippen molar-refractivity contribution in [1.82, 2.24) is 4.90 Å². The molecule has 1 aliphatic heterocycles. The smallest absolute Gasteiger partial charge is 0.410 e. The minimum Gasteiger partial charge on any atom is -0.444 e. The number of amides is 2. The third-order valence-electron chi connectivity index (χ3n) is 5.18. The molecule has 1 atom stereocenters. The number of benzene rings is 2. The third kappa shape index (κ3) is 6.62. The predicted octanol–water partition coefficient (Wildman–Crippen LogP) is 5.38. The predicted molar refractivity (Wildman–Crippen MR) is 127 cm³/mol. The summed E-state index contributed by atoms with van der Waals surface area (Å²) in [5.41, 5.74) is 3.27. The highest BCUT2D eigenvalue weighted by Crippen LogP contribution is 2.22. The molecule has 5 heteroatoms. The van der Waals surface area contributed by atoms with Gasteiger partial charge in [-0.15, -0.1) is 0 Å². The van der Waals surface area contributed by atoms with E-state index in [2.05, 4.69) is 36.2 Å². The maximum atomic E-state index is 12.8. The van der Waals surface area contributed by atoms with Gasteiger partial charge >= 0.3 is 6.09 Å². The summed E-state index contributed by atoms with van der Waals surface area (Å²) >= 11 is 0. The van der Waals surface area contributed by atoms with Gasteiger partial charge in [-0.25, -0.2) is 4.79 Å². The number of nitrogens with one attached hydrogen (secondary N) is 1. The van der Waals surface area contributed by atoms with Gasteiger partial charge in [0.25, 0.3) is 0 Å². The fourth-order valence-corrected chi connectivity index (χ4v) is 3.63. The van der Waals surface area contributed by atoms with Crippen LogP contribution in [-0.4, -0.2) is 35.1 Å². The van der Waals surface area contributed by atoms with Crippen molar-refractivity contribution in [2.24, 2.45) is 0 Å². The Morgan fingerprint density at radius 1 is 1.03 bits per heavy atom. The summed E-state index contributed by atoms with van der Waals surface area (Å²) in [4.78, 5) is 26.7. The molecule has 0 saturated carbocycles. The van der Waals surface area contributed by atoms with E-state index in [1.165, 1.54) is 10.5 Å². The maximum absolute atomic E-state index is 12.8. The van der Waals surface area contributed by atoms with Crippen LogP contribution in [0.15, 0.2) is 48.5 Å².